The van der Waals surface area contributed by atoms with Gasteiger partial charge in [0.2, 0.25) is 0 Å². The average molecular weight is 303 g/mol. The van der Waals surface area contributed by atoms with Gasteiger partial charge in [0.25, 0.3) is 5.91 Å². The topological polar surface area (TPSA) is 51.3 Å². The van der Waals surface area contributed by atoms with Gasteiger partial charge in [0.15, 0.2) is 0 Å². The number of carbonyl (C=O) groups is 1. The highest BCUT2D eigenvalue weighted by atomic mass is 16.2. The summed E-state index contributed by atoms with van der Waals surface area (Å²) in [6.45, 7) is 6.62. The van der Waals surface area contributed by atoms with Crippen LogP contribution in [0.2, 0.25) is 0 Å². The highest BCUT2D eigenvalue weighted by molar-refractivity contribution is 5.96. The zero-order valence-corrected chi connectivity index (χ0v) is 14.0. The van der Waals surface area contributed by atoms with Gasteiger partial charge in [0, 0.05) is 30.5 Å². The summed E-state index contributed by atoms with van der Waals surface area (Å²) in [6, 6.07) is 2.69. The molecule has 0 aromatic carbocycles. The van der Waals surface area contributed by atoms with E-state index in [1.165, 1.54) is 37.8 Å². The Morgan fingerprint density at radius 2 is 1.95 bits per heavy atom. The molecule has 0 spiro atoms. The molecule has 3 rings (SSSR count). The molecule has 2 N–H and O–H groups in total. The van der Waals surface area contributed by atoms with E-state index in [9.17, 15) is 4.79 Å². The second kappa shape index (κ2) is 6.45. The number of hydrogen-bond acceptors (Lipinski definition) is 2. The van der Waals surface area contributed by atoms with Gasteiger partial charge in [-0.2, -0.15) is 0 Å². The van der Waals surface area contributed by atoms with Crippen molar-refractivity contribution < 1.29 is 4.79 Å². The van der Waals surface area contributed by atoms with Crippen LogP contribution in [0.1, 0.15) is 66.3 Å². The molecule has 4 heteroatoms. The van der Waals surface area contributed by atoms with Crippen LogP contribution in [0.5, 0.6) is 0 Å². The Balaban J connectivity index is 1.81. The zero-order valence-electron chi connectivity index (χ0n) is 14.0. The molecule has 2 heterocycles. The highest BCUT2D eigenvalue weighted by Gasteiger charge is 2.29. The van der Waals surface area contributed by atoms with Gasteiger partial charge in [-0.15, -0.1) is 0 Å². The number of amides is 1. The summed E-state index contributed by atoms with van der Waals surface area (Å²) in [5.41, 5.74) is 9.05. The molecule has 1 saturated heterocycles. The fraction of sp³-hybridized carbons (Fsp3) is 0.722. The second-order valence-electron chi connectivity index (χ2n) is 7.09. The van der Waals surface area contributed by atoms with Crippen molar-refractivity contribution in [3.8, 4) is 0 Å². The molecule has 1 aliphatic heterocycles. The van der Waals surface area contributed by atoms with E-state index in [4.69, 9.17) is 5.73 Å². The molecule has 0 bridgehead atoms. The number of nitrogens with zero attached hydrogens (tertiary/aromatic N) is 2. The van der Waals surface area contributed by atoms with Gasteiger partial charge in [-0.1, -0.05) is 19.3 Å². The molecule has 1 aromatic rings. The molecule has 1 saturated carbocycles. The predicted molar refractivity (Wildman–Crippen MR) is 89.1 cm³/mol. The number of rotatable bonds is 3. The van der Waals surface area contributed by atoms with Crippen LogP contribution in [0, 0.1) is 19.8 Å². The molecule has 1 aliphatic carbocycles. The lowest BCUT2D eigenvalue weighted by Gasteiger charge is -2.26. The quantitative estimate of drug-likeness (QED) is 0.933. The number of hydrogen-bond donors (Lipinski definition) is 1. The molecule has 1 atom stereocenters. The van der Waals surface area contributed by atoms with E-state index in [0.29, 0.717) is 18.5 Å². The van der Waals surface area contributed by atoms with Crippen molar-refractivity contribution in [3.05, 3.63) is 23.0 Å². The molecule has 0 radical (unpaired) electrons. The van der Waals surface area contributed by atoms with E-state index in [-0.39, 0.29) is 5.91 Å². The lowest BCUT2D eigenvalue weighted by molar-refractivity contribution is 0.0786. The van der Waals surface area contributed by atoms with E-state index in [0.717, 1.165) is 30.8 Å². The molecule has 1 amide bonds. The largest absolute Gasteiger partial charge is 0.345 e. The Morgan fingerprint density at radius 3 is 2.59 bits per heavy atom. The van der Waals surface area contributed by atoms with Crippen molar-refractivity contribution in [2.24, 2.45) is 11.7 Å². The number of likely N-dealkylation sites (tertiary alicyclic amines) is 1. The highest BCUT2D eigenvalue weighted by Crippen LogP contribution is 2.32. The first-order chi connectivity index (χ1) is 10.6. The normalized spacial score (nSPS) is 23.2. The molecule has 22 heavy (non-hydrogen) atoms. The Hall–Kier alpha value is -1.29. The van der Waals surface area contributed by atoms with E-state index >= 15 is 0 Å². The van der Waals surface area contributed by atoms with Gasteiger partial charge < -0.3 is 15.2 Å². The third-order valence-electron chi connectivity index (χ3n) is 5.56. The van der Waals surface area contributed by atoms with Gasteiger partial charge in [-0.3, -0.25) is 4.79 Å². The fourth-order valence-corrected chi connectivity index (χ4v) is 4.27. The maximum Gasteiger partial charge on any atom is 0.255 e. The first kappa shape index (κ1) is 15.6. The smallest absolute Gasteiger partial charge is 0.255 e. The average Bonchev–Trinajstić information content (AvgIpc) is 3.12. The maximum atomic E-state index is 12.8. The summed E-state index contributed by atoms with van der Waals surface area (Å²) in [5, 5.41) is 0. The van der Waals surface area contributed by atoms with Crippen LogP contribution in [0.3, 0.4) is 0 Å². The molecule has 1 unspecified atom stereocenters. The van der Waals surface area contributed by atoms with Crippen LogP contribution < -0.4 is 5.73 Å². The molecule has 122 valence electrons. The van der Waals surface area contributed by atoms with Crippen molar-refractivity contribution in [1.82, 2.24) is 9.47 Å². The van der Waals surface area contributed by atoms with Crippen molar-refractivity contribution in [2.75, 3.05) is 19.6 Å². The second-order valence-corrected chi connectivity index (χ2v) is 7.09. The van der Waals surface area contributed by atoms with Crippen LogP contribution in [0.4, 0.5) is 0 Å². The summed E-state index contributed by atoms with van der Waals surface area (Å²) >= 11 is 0. The van der Waals surface area contributed by atoms with Crippen LogP contribution >= 0.6 is 0 Å². The Morgan fingerprint density at radius 1 is 1.23 bits per heavy atom. The summed E-state index contributed by atoms with van der Waals surface area (Å²) in [5.74, 6) is 0.678. The van der Waals surface area contributed by atoms with Crippen LogP contribution in [0.15, 0.2) is 6.07 Å². The lowest BCUT2D eigenvalue weighted by atomic mass is 9.95. The van der Waals surface area contributed by atoms with Crippen molar-refractivity contribution >= 4 is 5.91 Å². The SMILES string of the molecule is Cc1cc(C(=O)N2CCC(CN)C2)c(C)n1C1CCCCC1. The maximum absolute atomic E-state index is 12.8. The summed E-state index contributed by atoms with van der Waals surface area (Å²) < 4.78 is 2.42. The minimum Gasteiger partial charge on any atom is -0.345 e. The van der Waals surface area contributed by atoms with Crippen molar-refractivity contribution in [3.63, 3.8) is 0 Å². The van der Waals surface area contributed by atoms with E-state index in [1.807, 2.05) is 4.90 Å². The zero-order chi connectivity index (χ0) is 15.7. The van der Waals surface area contributed by atoms with Crippen LogP contribution in [0.25, 0.3) is 0 Å². The minimum atomic E-state index is 0.200. The van der Waals surface area contributed by atoms with E-state index in [1.54, 1.807) is 0 Å². The monoisotopic (exact) mass is 303 g/mol. The standard InChI is InChI=1S/C18H29N3O/c1-13-10-17(18(22)20-9-8-15(11-19)12-20)14(2)21(13)16-6-4-3-5-7-16/h10,15-16H,3-9,11-12,19H2,1-2H3. The molecule has 1 aromatic heterocycles. The van der Waals surface area contributed by atoms with Gasteiger partial charge in [-0.05, 0) is 51.6 Å². The van der Waals surface area contributed by atoms with Gasteiger partial charge >= 0.3 is 0 Å². The van der Waals surface area contributed by atoms with Crippen molar-refractivity contribution in [2.45, 2.75) is 58.4 Å². The van der Waals surface area contributed by atoms with Gasteiger partial charge in [-0.25, -0.2) is 0 Å². The van der Waals surface area contributed by atoms with Crippen LogP contribution in [-0.4, -0.2) is 35.0 Å². The third-order valence-corrected chi connectivity index (χ3v) is 5.56. The Kier molecular flexibility index (Phi) is 4.57. The lowest BCUT2D eigenvalue weighted by Crippen LogP contribution is -2.30. The predicted octanol–water partition coefficient (Wildman–Crippen LogP) is 3.03. The third kappa shape index (κ3) is 2.81. The molecule has 2 aliphatic rings. The fourth-order valence-electron chi connectivity index (χ4n) is 4.27. The van der Waals surface area contributed by atoms with E-state index in [2.05, 4.69) is 24.5 Å². The molecular weight excluding hydrogens is 274 g/mol. The number of aromatic nitrogens is 1. The Bertz CT molecular complexity index is 543. The van der Waals surface area contributed by atoms with Crippen LogP contribution in [-0.2, 0) is 0 Å². The van der Waals surface area contributed by atoms with Gasteiger partial charge in [0.1, 0.15) is 0 Å². The summed E-state index contributed by atoms with van der Waals surface area (Å²) in [4.78, 5) is 14.8. The number of carbonyl (C=O) groups excluding carboxylic acids is 1. The first-order valence-electron chi connectivity index (χ1n) is 8.79. The summed E-state index contributed by atoms with van der Waals surface area (Å²) in [7, 11) is 0. The summed E-state index contributed by atoms with van der Waals surface area (Å²) in [6.07, 6.45) is 7.54. The first-order valence-corrected chi connectivity index (χ1v) is 8.79. The number of nitrogens with two attached hydrogens (primary N) is 1. The minimum absolute atomic E-state index is 0.200. The molecule has 4 nitrogen and oxygen atoms in total. The van der Waals surface area contributed by atoms with Gasteiger partial charge in [0.05, 0.1) is 5.56 Å². The Labute approximate surface area is 133 Å². The van der Waals surface area contributed by atoms with E-state index < -0.39 is 0 Å². The number of aryl methyl sites for hydroxylation is 1. The van der Waals surface area contributed by atoms with Crippen molar-refractivity contribution in [1.29, 1.82) is 0 Å². The molecular formula is C18H29N3O. The molecule has 2 fully saturated rings.